The lowest BCUT2D eigenvalue weighted by molar-refractivity contribution is -0.120. The predicted molar refractivity (Wildman–Crippen MR) is 143 cm³/mol. The van der Waals surface area contributed by atoms with Crippen LogP contribution in [0.15, 0.2) is 71.4 Å². The fourth-order valence-electron chi connectivity index (χ4n) is 3.65. The number of nitrogens with one attached hydrogen (secondary N) is 2. The van der Waals surface area contributed by atoms with E-state index in [9.17, 15) is 14.4 Å². The molecule has 0 saturated heterocycles. The highest BCUT2D eigenvalue weighted by atomic mass is 127. The normalized spacial score (nSPS) is 13.5. The second-order valence-corrected chi connectivity index (χ2v) is 9.60. The number of amides is 3. The Kier molecular flexibility index (Phi) is 6.77. The third-order valence-corrected chi connectivity index (χ3v) is 6.70. The molecule has 6 nitrogen and oxygen atoms in total. The Hall–Kier alpha value is -3.17. The minimum absolute atomic E-state index is 0.0291. The lowest BCUT2D eigenvalue weighted by Crippen LogP contribution is -2.33. The van der Waals surface area contributed by atoms with E-state index in [1.54, 1.807) is 36.4 Å². The molecule has 3 aromatic rings. The number of anilines is 3. The van der Waals surface area contributed by atoms with Crippen molar-refractivity contribution in [3.63, 3.8) is 0 Å². The standard InChI is InChI=1S/C26H21ClIN3O3/c1-14-6-4-9-21(16(14)3)31-25(33)22(27)23(26(31)34)29-19-8-5-7-17(13-19)24(32)30-20-11-10-18(28)12-15(20)2/h4-13,29H,1-3H3,(H,30,32). The number of halogens is 2. The summed E-state index contributed by atoms with van der Waals surface area (Å²) in [6.07, 6.45) is 0. The van der Waals surface area contributed by atoms with Crippen LogP contribution in [0.1, 0.15) is 27.0 Å². The van der Waals surface area contributed by atoms with Gasteiger partial charge in [0.15, 0.2) is 0 Å². The van der Waals surface area contributed by atoms with Crippen LogP contribution in [0.3, 0.4) is 0 Å². The molecule has 0 spiro atoms. The zero-order valence-corrected chi connectivity index (χ0v) is 21.6. The third kappa shape index (κ3) is 4.58. The molecule has 4 rings (SSSR count). The van der Waals surface area contributed by atoms with Crippen molar-refractivity contribution in [1.29, 1.82) is 0 Å². The SMILES string of the molecule is Cc1cc(I)ccc1NC(=O)c1cccc(NC2=C(Cl)C(=O)N(c3cccc(C)c3C)C2=O)c1. The molecule has 1 heterocycles. The first-order valence-electron chi connectivity index (χ1n) is 10.5. The average molecular weight is 586 g/mol. The first-order chi connectivity index (χ1) is 16.2. The van der Waals surface area contributed by atoms with Gasteiger partial charge in [-0.25, -0.2) is 4.90 Å². The molecule has 3 amide bonds. The lowest BCUT2D eigenvalue weighted by Gasteiger charge is -2.18. The van der Waals surface area contributed by atoms with E-state index in [1.165, 1.54) is 0 Å². The molecule has 0 fully saturated rings. The summed E-state index contributed by atoms with van der Waals surface area (Å²) in [5, 5.41) is 5.64. The Labute approximate surface area is 216 Å². The quantitative estimate of drug-likeness (QED) is 0.289. The van der Waals surface area contributed by atoms with Crippen molar-refractivity contribution in [3.05, 3.63) is 97.2 Å². The first-order valence-corrected chi connectivity index (χ1v) is 11.9. The number of aryl methyl sites for hydroxylation is 2. The van der Waals surface area contributed by atoms with Crippen molar-refractivity contribution in [2.45, 2.75) is 20.8 Å². The van der Waals surface area contributed by atoms with Crippen molar-refractivity contribution in [3.8, 4) is 0 Å². The van der Waals surface area contributed by atoms with Gasteiger partial charge in [-0.2, -0.15) is 0 Å². The van der Waals surface area contributed by atoms with Crippen LogP contribution in [0.5, 0.6) is 0 Å². The molecule has 1 aliphatic heterocycles. The molecule has 0 radical (unpaired) electrons. The largest absolute Gasteiger partial charge is 0.350 e. The molecular formula is C26H21ClIN3O3. The molecule has 34 heavy (non-hydrogen) atoms. The summed E-state index contributed by atoms with van der Waals surface area (Å²) in [5.74, 6) is -1.43. The highest BCUT2D eigenvalue weighted by Crippen LogP contribution is 2.33. The van der Waals surface area contributed by atoms with Gasteiger partial charge >= 0.3 is 0 Å². The van der Waals surface area contributed by atoms with Crippen LogP contribution < -0.4 is 15.5 Å². The van der Waals surface area contributed by atoms with Gasteiger partial charge in [-0.15, -0.1) is 0 Å². The van der Waals surface area contributed by atoms with Crippen LogP contribution in [-0.4, -0.2) is 17.7 Å². The van der Waals surface area contributed by atoms with Gasteiger partial charge < -0.3 is 10.6 Å². The number of rotatable bonds is 5. The number of carbonyl (C=O) groups excluding carboxylic acids is 3. The number of hydrogen-bond acceptors (Lipinski definition) is 4. The van der Waals surface area contributed by atoms with Crippen molar-refractivity contribution in [2.75, 3.05) is 15.5 Å². The van der Waals surface area contributed by atoms with Gasteiger partial charge in [0.1, 0.15) is 10.7 Å². The lowest BCUT2D eigenvalue weighted by atomic mass is 10.1. The number of nitrogens with zero attached hydrogens (tertiary/aromatic N) is 1. The first kappa shape index (κ1) is 24.0. The van der Waals surface area contributed by atoms with Crippen molar-refractivity contribution in [1.82, 2.24) is 0 Å². The number of imide groups is 1. The Bertz CT molecular complexity index is 1380. The fraction of sp³-hybridized carbons (Fsp3) is 0.115. The van der Waals surface area contributed by atoms with E-state index in [-0.39, 0.29) is 16.6 Å². The Morgan fingerprint density at radius 3 is 2.38 bits per heavy atom. The van der Waals surface area contributed by atoms with E-state index in [0.29, 0.717) is 16.9 Å². The highest BCUT2D eigenvalue weighted by molar-refractivity contribution is 14.1. The molecular weight excluding hydrogens is 565 g/mol. The average Bonchev–Trinajstić information content (AvgIpc) is 3.01. The van der Waals surface area contributed by atoms with Crippen LogP contribution in [0, 0.1) is 24.3 Å². The van der Waals surface area contributed by atoms with Crippen molar-refractivity contribution in [2.24, 2.45) is 0 Å². The van der Waals surface area contributed by atoms with E-state index in [2.05, 4.69) is 33.2 Å². The topological polar surface area (TPSA) is 78.5 Å². The van der Waals surface area contributed by atoms with Crippen LogP contribution in [0.4, 0.5) is 17.1 Å². The van der Waals surface area contributed by atoms with E-state index in [1.807, 2.05) is 45.0 Å². The minimum Gasteiger partial charge on any atom is -0.350 e. The summed E-state index contributed by atoms with van der Waals surface area (Å²) in [6, 6.07) is 17.8. The molecule has 0 aromatic heterocycles. The molecule has 8 heteroatoms. The molecule has 0 bridgehead atoms. The fourth-order valence-corrected chi connectivity index (χ4v) is 4.51. The second kappa shape index (κ2) is 9.60. The van der Waals surface area contributed by atoms with Crippen LogP contribution in [0.25, 0.3) is 0 Å². The summed E-state index contributed by atoms with van der Waals surface area (Å²) in [5.41, 5.74) is 4.76. The zero-order valence-electron chi connectivity index (χ0n) is 18.7. The van der Waals surface area contributed by atoms with Gasteiger partial charge in [-0.1, -0.05) is 29.8 Å². The van der Waals surface area contributed by atoms with Gasteiger partial charge in [-0.3, -0.25) is 14.4 Å². The smallest absolute Gasteiger partial charge is 0.283 e. The van der Waals surface area contributed by atoms with Gasteiger partial charge in [0.2, 0.25) is 0 Å². The predicted octanol–water partition coefficient (Wildman–Crippen LogP) is 5.90. The van der Waals surface area contributed by atoms with Crippen molar-refractivity contribution < 1.29 is 14.4 Å². The van der Waals surface area contributed by atoms with Crippen LogP contribution in [-0.2, 0) is 9.59 Å². The zero-order chi connectivity index (χ0) is 24.6. The monoisotopic (exact) mass is 585 g/mol. The van der Waals surface area contributed by atoms with Crippen LogP contribution in [0.2, 0.25) is 0 Å². The van der Waals surface area contributed by atoms with Gasteiger partial charge in [-0.05, 0) is 103 Å². The third-order valence-electron chi connectivity index (χ3n) is 5.67. The molecule has 0 atom stereocenters. The Balaban J connectivity index is 1.56. The molecule has 0 unspecified atom stereocenters. The summed E-state index contributed by atoms with van der Waals surface area (Å²) in [4.78, 5) is 39.9. The maximum absolute atomic E-state index is 13.1. The second-order valence-electron chi connectivity index (χ2n) is 7.97. The number of hydrogen-bond donors (Lipinski definition) is 2. The van der Waals surface area contributed by atoms with E-state index in [0.717, 1.165) is 30.8 Å². The van der Waals surface area contributed by atoms with Gasteiger partial charge in [0, 0.05) is 20.5 Å². The van der Waals surface area contributed by atoms with Gasteiger partial charge in [0.25, 0.3) is 17.7 Å². The molecule has 0 aliphatic carbocycles. The summed E-state index contributed by atoms with van der Waals surface area (Å²) in [6.45, 7) is 5.68. The Morgan fingerprint density at radius 2 is 1.65 bits per heavy atom. The molecule has 0 saturated carbocycles. The van der Waals surface area contributed by atoms with E-state index < -0.39 is 11.8 Å². The van der Waals surface area contributed by atoms with Gasteiger partial charge in [0.05, 0.1) is 5.69 Å². The number of carbonyl (C=O) groups is 3. The maximum Gasteiger partial charge on any atom is 0.283 e. The molecule has 1 aliphatic rings. The molecule has 2 N–H and O–H groups in total. The highest BCUT2D eigenvalue weighted by Gasteiger charge is 2.39. The summed E-state index contributed by atoms with van der Waals surface area (Å²) in [7, 11) is 0. The van der Waals surface area contributed by atoms with E-state index >= 15 is 0 Å². The number of benzene rings is 3. The molecule has 172 valence electrons. The maximum atomic E-state index is 13.1. The summed E-state index contributed by atoms with van der Waals surface area (Å²) >= 11 is 8.49. The Morgan fingerprint density at radius 1 is 0.912 bits per heavy atom. The van der Waals surface area contributed by atoms with E-state index in [4.69, 9.17) is 11.6 Å². The summed E-state index contributed by atoms with van der Waals surface area (Å²) < 4.78 is 1.08. The minimum atomic E-state index is -0.592. The molecule has 3 aromatic carbocycles. The van der Waals surface area contributed by atoms with Crippen molar-refractivity contribution >= 4 is 69.0 Å². The van der Waals surface area contributed by atoms with Crippen LogP contribution >= 0.6 is 34.2 Å².